The Bertz CT molecular complexity index is 847. The predicted octanol–water partition coefficient (Wildman–Crippen LogP) is 2.69. The molecule has 0 saturated carbocycles. The lowest BCUT2D eigenvalue weighted by atomic mass is 10.0. The van der Waals surface area contributed by atoms with E-state index in [1.807, 2.05) is 19.2 Å². The Morgan fingerprint density at radius 3 is 2.86 bits per heavy atom. The SMILES string of the molecule is C=C1Cc2c(N)nc(OCC3CCOCC3)nc2N(Cc2ccc(C)nc2)C1. The van der Waals surface area contributed by atoms with E-state index in [2.05, 4.69) is 27.5 Å². The normalized spacial score (nSPS) is 17.5. The van der Waals surface area contributed by atoms with Crippen molar-refractivity contribution in [2.24, 2.45) is 5.92 Å². The van der Waals surface area contributed by atoms with Gasteiger partial charge < -0.3 is 20.1 Å². The van der Waals surface area contributed by atoms with Gasteiger partial charge in [0.25, 0.3) is 0 Å². The molecule has 0 amide bonds. The maximum absolute atomic E-state index is 6.26. The van der Waals surface area contributed by atoms with Crippen LogP contribution in [0.2, 0.25) is 0 Å². The van der Waals surface area contributed by atoms with Crippen LogP contribution < -0.4 is 15.4 Å². The van der Waals surface area contributed by atoms with Gasteiger partial charge in [-0.2, -0.15) is 9.97 Å². The standard InChI is InChI=1S/C21H27N5O2/c1-14-9-18-19(22)24-21(28-13-16-5-7-27-8-6-16)25-20(18)26(11-14)12-17-4-3-15(2)23-10-17/h3-4,10,16H,1,5-9,11-13H2,2H3,(H2,22,24,25). The van der Waals surface area contributed by atoms with E-state index in [0.29, 0.717) is 37.3 Å². The molecule has 2 aliphatic heterocycles. The first kappa shape index (κ1) is 18.7. The summed E-state index contributed by atoms with van der Waals surface area (Å²) in [6.45, 7) is 9.76. The fraction of sp³-hybridized carbons (Fsp3) is 0.476. The van der Waals surface area contributed by atoms with Gasteiger partial charge in [-0.3, -0.25) is 4.98 Å². The Morgan fingerprint density at radius 1 is 1.29 bits per heavy atom. The van der Waals surface area contributed by atoms with Gasteiger partial charge >= 0.3 is 6.01 Å². The second-order valence-electron chi connectivity index (χ2n) is 7.65. The van der Waals surface area contributed by atoms with Crippen molar-refractivity contribution in [1.82, 2.24) is 15.0 Å². The van der Waals surface area contributed by atoms with E-state index in [1.54, 1.807) is 0 Å². The van der Waals surface area contributed by atoms with Crippen molar-refractivity contribution in [2.45, 2.75) is 32.7 Å². The first-order valence-corrected chi connectivity index (χ1v) is 9.78. The summed E-state index contributed by atoms with van der Waals surface area (Å²) in [5, 5.41) is 0. The van der Waals surface area contributed by atoms with Crippen LogP contribution in [0.15, 0.2) is 30.5 Å². The number of hydrogen-bond donors (Lipinski definition) is 1. The molecule has 4 rings (SSSR count). The molecule has 0 spiro atoms. The van der Waals surface area contributed by atoms with E-state index in [-0.39, 0.29) is 0 Å². The van der Waals surface area contributed by atoms with Crippen LogP contribution >= 0.6 is 0 Å². The number of hydrogen-bond acceptors (Lipinski definition) is 7. The number of nitrogens with two attached hydrogens (primary N) is 1. The van der Waals surface area contributed by atoms with Crippen LogP contribution in [-0.2, 0) is 17.7 Å². The number of rotatable bonds is 5. The lowest BCUT2D eigenvalue weighted by molar-refractivity contribution is 0.0482. The summed E-state index contributed by atoms with van der Waals surface area (Å²) >= 11 is 0. The van der Waals surface area contributed by atoms with E-state index in [1.165, 1.54) is 0 Å². The van der Waals surface area contributed by atoms with E-state index < -0.39 is 0 Å². The number of aryl methyl sites for hydroxylation is 1. The van der Waals surface area contributed by atoms with Gasteiger partial charge in [-0.05, 0) is 37.3 Å². The maximum atomic E-state index is 6.26. The summed E-state index contributed by atoms with van der Waals surface area (Å²) < 4.78 is 11.3. The highest BCUT2D eigenvalue weighted by molar-refractivity contribution is 5.62. The van der Waals surface area contributed by atoms with Crippen molar-refractivity contribution in [3.8, 4) is 6.01 Å². The second kappa shape index (κ2) is 8.14. The molecule has 1 saturated heterocycles. The topological polar surface area (TPSA) is 86.4 Å². The van der Waals surface area contributed by atoms with E-state index in [4.69, 9.17) is 20.2 Å². The van der Waals surface area contributed by atoms with Crippen molar-refractivity contribution in [3.63, 3.8) is 0 Å². The lowest BCUT2D eigenvalue weighted by Gasteiger charge is -2.32. The summed E-state index contributed by atoms with van der Waals surface area (Å²) in [6.07, 6.45) is 4.61. The number of ether oxygens (including phenoxy) is 2. The molecule has 7 nitrogen and oxygen atoms in total. The number of pyridine rings is 1. The van der Waals surface area contributed by atoms with E-state index >= 15 is 0 Å². The molecule has 4 heterocycles. The molecular formula is C21H27N5O2. The molecule has 2 N–H and O–H groups in total. The average molecular weight is 381 g/mol. The molecule has 0 atom stereocenters. The lowest BCUT2D eigenvalue weighted by Crippen LogP contribution is -2.32. The van der Waals surface area contributed by atoms with Crippen molar-refractivity contribution in [2.75, 3.05) is 37.0 Å². The van der Waals surface area contributed by atoms with Gasteiger partial charge in [-0.25, -0.2) is 0 Å². The van der Waals surface area contributed by atoms with Gasteiger partial charge in [0, 0.05) is 50.2 Å². The Balaban J connectivity index is 1.55. The fourth-order valence-corrected chi connectivity index (χ4v) is 3.66. The highest BCUT2D eigenvalue weighted by Crippen LogP contribution is 2.33. The van der Waals surface area contributed by atoms with Crippen molar-refractivity contribution in [1.29, 1.82) is 0 Å². The monoisotopic (exact) mass is 381 g/mol. The van der Waals surface area contributed by atoms with Crippen LogP contribution in [0.25, 0.3) is 0 Å². The zero-order valence-electron chi connectivity index (χ0n) is 16.4. The molecule has 0 aromatic carbocycles. The van der Waals surface area contributed by atoms with Crippen LogP contribution in [-0.4, -0.2) is 41.3 Å². The fourth-order valence-electron chi connectivity index (χ4n) is 3.66. The zero-order valence-corrected chi connectivity index (χ0v) is 16.4. The largest absolute Gasteiger partial charge is 0.463 e. The third kappa shape index (κ3) is 4.25. The highest BCUT2D eigenvalue weighted by Gasteiger charge is 2.25. The predicted molar refractivity (Wildman–Crippen MR) is 108 cm³/mol. The van der Waals surface area contributed by atoms with Gasteiger partial charge in [0.05, 0.1) is 6.61 Å². The molecule has 0 bridgehead atoms. The number of anilines is 2. The number of aromatic nitrogens is 3. The summed E-state index contributed by atoms with van der Waals surface area (Å²) in [5.41, 5.74) is 10.4. The Kier molecular flexibility index (Phi) is 5.43. The van der Waals surface area contributed by atoms with Crippen LogP contribution in [0, 0.1) is 12.8 Å². The number of fused-ring (bicyclic) bond motifs is 1. The minimum atomic E-state index is 0.349. The molecule has 148 valence electrons. The average Bonchev–Trinajstić information content (AvgIpc) is 2.70. The van der Waals surface area contributed by atoms with Crippen LogP contribution in [0.5, 0.6) is 6.01 Å². The number of nitrogen functional groups attached to an aromatic ring is 1. The molecule has 2 aromatic rings. The molecule has 2 aromatic heterocycles. The molecular weight excluding hydrogens is 354 g/mol. The Labute approximate surface area is 165 Å². The summed E-state index contributed by atoms with van der Waals surface area (Å²) in [7, 11) is 0. The molecule has 0 aliphatic carbocycles. The molecule has 2 aliphatic rings. The molecule has 0 unspecified atom stereocenters. The summed E-state index contributed by atoms with van der Waals surface area (Å²) in [4.78, 5) is 15.7. The summed E-state index contributed by atoms with van der Waals surface area (Å²) in [6, 6.07) is 4.46. The third-order valence-electron chi connectivity index (χ3n) is 5.27. The van der Waals surface area contributed by atoms with Crippen LogP contribution in [0.4, 0.5) is 11.6 Å². The zero-order chi connectivity index (χ0) is 19.5. The highest BCUT2D eigenvalue weighted by atomic mass is 16.5. The van der Waals surface area contributed by atoms with Crippen LogP contribution in [0.1, 0.15) is 29.7 Å². The Hall–Kier alpha value is -2.67. The second-order valence-corrected chi connectivity index (χ2v) is 7.65. The van der Waals surface area contributed by atoms with Crippen molar-refractivity contribution in [3.05, 3.63) is 47.3 Å². The van der Waals surface area contributed by atoms with Crippen molar-refractivity contribution < 1.29 is 9.47 Å². The van der Waals surface area contributed by atoms with Crippen LogP contribution in [0.3, 0.4) is 0 Å². The quantitative estimate of drug-likeness (QED) is 0.797. The van der Waals surface area contributed by atoms with Gasteiger partial charge in [0.1, 0.15) is 11.6 Å². The molecule has 0 radical (unpaired) electrons. The minimum Gasteiger partial charge on any atom is -0.463 e. The minimum absolute atomic E-state index is 0.349. The smallest absolute Gasteiger partial charge is 0.320 e. The molecule has 28 heavy (non-hydrogen) atoms. The molecule has 1 fully saturated rings. The maximum Gasteiger partial charge on any atom is 0.320 e. The van der Waals surface area contributed by atoms with Gasteiger partial charge in [0.2, 0.25) is 0 Å². The first-order chi connectivity index (χ1) is 13.6. The molecule has 7 heteroatoms. The van der Waals surface area contributed by atoms with Gasteiger partial charge in [-0.1, -0.05) is 18.2 Å². The summed E-state index contributed by atoms with van der Waals surface area (Å²) in [5.74, 6) is 1.78. The van der Waals surface area contributed by atoms with E-state index in [0.717, 1.165) is 60.8 Å². The third-order valence-corrected chi connectivity index (χ3v) is 5.27. The Morgan fingerprint density at radius 2 is 2.11 bits per heavy atom. The van der Waals surface area contributed by atoms with E-state index in [9.17, 15) is 0 Å². The first-order valence-electron chi connectivity index (χ1n) is 9.78. The van der Waals surface area contributed by atoms with Gasteiger partial charge in [-0.15, -0.1) is 0 Å². The number of nitrogens with zero attached hydrogens (tertiary/aromatic N) is 4. The van der Waals surface area contributed by atoms with Crippen molar-refractivity contribution >= 4 is 11.6 Å². The van der Waals surface area contributed by atoms with Gasteiger partial charge in [0.15, 0.2) is 0 Å².